The summed E-state index contributed by atoms with van der Waals surface area (Å²) in [6.07, 6.45) is 0.0987. The van der Waals surface area contributed by atoms with Gasteiger partial charge in [0, 0.05) is 40.6 Å². The molecular formula is C24H33N3O4S. The molecule has 0 aromatic heterocycles. The number of hydrogen-bond donors (Lipinski definition) is 4. The number of nitrogens with two attached hydrogens (primary N) is 1. The number of hydrogen-bond acceptors (Lipinski definition) is 6. The van der Waals surface area contributed by atoms with Crippen molar-refractivity contribution in [1.82, 2.24) is 10.2 Å². The number of carbonyl (C=O) groups is 2. The Labute approximate surface area is 193 Å². The Balaban J connectivity index is 1.48. The van der Waals surface area contributed by atoms with Crippen LogP contribution in [0.2, 0.25) is 0 Å². The van der Waals surface area contributed by atoms with Gasteiger partial charge in [0.05, 0.1) is 18.1 Å². The highest BCUT2D eigenvalue weighted by Gasteiger charge is 2.60. The third kappa shape index (κ3) is 3.77. The maximum atomic E-state index is 12.5. The van der Waals surface area contributed by atoms with E-state index in [2.05, 4.69) is 43.4 Å². The highest BCUT2D eigenvalue weighted by molar-refractivity contribution is 8.03. The summed E-state index contributed by atoms with van der Waals surface area (Å²) in [5.74, 6) is -1.98. The number of carboxylic acid groups (broad SMARTS) is 1. The van der Waals surface area contributed by atoms with Gasteiger partial charge in [-0.05, 0) is 24.5 Å². The summed E-state index contributed by atoms with van der Waals surface area (Å²) in [5, 5.41) is 23.6. The molecule has 3 heterocycles. The van der Waals surface area contributed by atoms with E-state index in [-0.39, 0.29) is 40.3 Å². The van der Waals surface area contributed by atoms with Crippen molar-refractivity contribution in [2.75, 3.05) is 13.1 Å². The molecule has 0 unspecified atom stereocenters. The molecule has 7 nitrogen and oxygen atoms in total. The van der Waals surface area contributed by atoms with Gasteiger partial charge in [0.15, 0.2) is 0 Å². The summed E-state index contributed by atoms with van der Waals surface area (Å²) in [5.41, 5.74) is 8.36. The molecule has 0 spiro atoms. The normalized spacial score (nSPS) is 31.0. The number of nitrogens with one attached hydrogen (secondary N) is 1. The molecule has 8 heteroatoms. The molecule has 3 aliphatic rings. The Morgan fingerprint density at radius 3 is 2.56 bits per heavy atom. The number of aliphatic hydroxyl groups excluding tert-OH is 1. The van der Waals surface area contributed by atoms with Crippen LogP contribution in [-0.4, -0.2) is 57.5 Å². The number of nitrogens with zero attached hydrogens (tertiary/aromatic N) is 1. The summed E-state index contributed by atoms with van der Waals surface area (Å²) in [7, 11) is 0. The maximum Gasteiger partial charge on any atom is 0.353 e. The van der Waals surface area contributed by atoms with Gasteiger partial charge in [0.1, 0.15) is 5.70 Å². The van der Waals surface area contributed by atoms with Crippen molar-refractivity contribution in [3.63, 3.8) is 0 Å². The van der Waals surface area contributed by atoms with Crippen LogP contribution in [0.3, 0.4) is 0 Å². The smallest absolute Gasteiger partial charge is 0.353 e. The fourth-order valence-corrected chi connectivity index (χ4v) is 6.67. The van der Waals surface area contributed by atoms with E-state index in [0.717, 1.165) is 17.9 Å². The average molecular weight is 460 g/mol. The zero-order valence-electron chi connectivity index (χ0n) is 19.0. The van der Waals surface area contributed by atoms with Crippen LogP contribution in [0.1, 0.15) is 51.3 Å². The second-order valence-electron chi connectivity index (χ2n) is 9.92. The van der Waals surface area contributed by atoms with Crippen LogP contribution in [0.15, 0.2) is 34.9 Å². The predicted octanol–water partition coefficient (Wildman–Crippen LogP) is 2.21. The minimum atomic E-state index is -1.07. The Morgan fingerprint density at radius 2 is 2.00 bits per heavy atom. The molecule has 2 saturated heterocycles. The maximum absolute atomic E-state index is 12.5. The van der Waals surface area contributed by atoms with Crippen LogP contribution in [0.5, 0.6) is 0 Å². The average Bonchev–Trinajstić information content (AvgIpc) is 3.30. The van der Waals surface area contributed by atoms with Crippen molar-refractivity contribution in [1.29, 1.82) is 0 Å². The van der Waals surface area contributed by atoms with E-state index in [4.69, 9.17) is 5.73 Å². The van der Waals surface area contributed by atoms with E-state index in [0.29, 0.717) is 6.54 Å². The molecule has 1 amide bonds. The minimum absolute atomic E-state index is 0.0611. The summed E-state index contributed by atoms with van der Waals surface area (Å²) < 4.78 is 0. The number of aliphatic carboxylic acids is 1. The van der Waals surface area contributed by atoms with Crippen LogP contribution in [0, 0.1) is 11.8 Å². The lowest BCUT2D eigenvalue weighted by molar-refractivity contribution is -0.163. The van der Waals surface area contributed by atoms with Crippen LogP contribution < -0.4 is 11.1 Å². The van der Waals surface area contributed by atoms with Crippen LogP contribution in [-0.2, 0) is 15.0 Å². The molecule has 0 saturated carbocycles. The third-order valence-corrected chi connectivity index (χ3v) is 8.81. The van der Waals surface area contributed by atoms with E-state index in [9.17, 15) is 19.8 Å². The van der Waals surface area contributed by atoms with Gasteiger partial charge in [0.25, 0.3) is 0 Å². The summed E-state index contributed by atoms with van der Waals surface area (Å²) in [6.45, 7) is 9.19. The lowest BCUT2D eigenvalue weighted by Crippen LogP contribution is -2.63. The second kappa shape index (κ2) is 8.48. The number of β-lactam (4-membered cyclic amide) rings is 1. The quantitative estimate of drug-likeness (QED) is 0.462. The Kier molecular flexibility index (Phi) is 6.17. The SMILES string of the molecule is C[C@@H](O)[C@H]1C(=O)N2C(C(=O)O)=C(S[C@@H]3CN[C@@H](c4ccc(C(C)(C)CN)cc4)C3)[C@H](C)[C@H]12. The third-order valence-electron chi connectivity index (χ3n) is 7.30. The highest BCUT2D eigenvalue weighted by atomic mass is 32.2. The molecular weight excluding hydrogens is 426 g/mol. The second-order valence-corrected chi connectivity index (χ2v) is 11.3. The van der Waals surface area contributed by atoms with Gasteiger partial charge in [-0.25, -0.2) is 4.79 Å². The minimum Gasteiger partial charge on any atom is -0.477 e. The van der Waals surface area contributed by atoms with Crippen LogP contribution in [0.4, 0.5) is 0 Å². The standard InChI is InChI=1S/C24H33N3O4S/c1-12-19-18(13(2)28)22(29)27(19)20(23(30)31)21(12)32-16-9-17(26-10-16)14-5-7-15(8-6-14)24(3,4)11-25/h5-8,12-13,16-19,26,28H,9-11,25H2,1-4H3,(H,30,31)/t12-,13-,16+,17-,18-,19-/m1/s1. The first-order valence-corrected chi connectivity index (χ1v) is 12.1. The molecule has 3 aliphatic heterocycles. The van der Waals surface area contributed by atoms with Gasteiger partial charge in [-0.2, -0.15) is 0 Å². The number of rotatable bonds is 7. The van der Waals surface area contributed by atoms with Crippen molar-refractivity contribution in [2.45, 2.75) is 63.0 Å². The van der Waals surface area contributed by atoms with Crippen molar-refractivity contribution < 1.29 is 19.8 Å². The number of thioether (sulfide) groups is 1. The zero-order chi connectivity index (χ0) is 23.4. The molecule has 0 bridgehead atoms. The van der Waals surface area contributed by atoms with Gasteiger partial charge in [-0.15, -0.1) is 11.8 Å². The predicted molar refractivity (Wildman–Crippen MR) is 125 cm³/mol. The number of carboxylic acids is 1. The largest absolute Gasteiger partial charge is 0.477 e. The summed E-state index contributed by atoms with van der Waals surface area (Å²) in [6, 6.07) is 8.52. The van der Waals surface area contributed by atoms with Crippen molar-refractivity contribution >= 4 is 23.6 Å². The monoisotopic (exact) mass is 459 g/mol. The topological polar surface area (TPSA) is 116 Å². The lowest BCUT2D eigenvalue weighted by atomic mass is 9.79. The Bertz CT molecular complexity index is 943. The summed E-state index contributed by atoms with van der Waals surface area (Å²) >= 11 is 1.58. The van der Waals surface area contributed by atoms with Gasteiger partial charge < -0.3 is 26.2 Å². The van der Waals surface area contributed by atoms with E-state index >= 15 is 0 Å². The van der Waals surface area contributed by atoms with Gasteiger partial charge in [-0.3, -0.25) is 4.79 Å². The number of benzene rings is 1. The molecule has 32 heavy (non-hydrogen) atoms. The fraction of sp³-hybridized carbons (Fsp3) is 0.583. The van der Waals surface area contributed by atoms with Crippen molar-refractivity contribution in [3.05, 3.63) is 46.0 Å². The first-order valence-electron chi connectivity index (χ1n) is 11.3. The molecule has 2 fully saturated rings. The number of amides is 1. The molecule has 174 valence electrons. The molecule has 1 aromatic carbocycles. The zero-order valence-corrected chi connectivity index (χ0v) is 19.9. The van der Waals surface area contributed by atoms with E-state index < -0.39 is 18.0 Å². The molecule has 1 aromatic rings. The van der Waals surface area contributed by atoms with Gasteiger partial charge in [0.2, 0.25) is 5.91 Å². The van der Waals surface area contributed by atoms with E-state index in [1.807, 2.05) is 6.92 Å². The van der Waals surface area contributed by atoms with Gasteiger partial charge >= 0.3 is 5.97 Å². The van der Waals surface area contributed by atoms with E-state index in [1.54, 1.807) is 18.7 Å². The Hall–Kier alpha value is -1.87. The lowest BCUT2D eigenvalue weighted by Gasteiger charge is -2.46. The molecule has 0 aliphatic carbocycles. The highest BCUT2D eigenvalue weighted by Crippen LogP contribution is 2.52. The Morgan fingerprint density at radius 1 is 1.34 bits per heavy atom. The van der Waals surface area contributed by atoms with Crippen molar-refractivity contribution in [3.8, 4) is 0 Å². The van der Waals surface area contributed by atoms with Crippen LogP contribution in [0.25, 0.3) is 0 Å². The molecule has 4 rings (SSSR count). The number of carbonyl (C=O) groups excluding carboxylic acids is 1. The number of aliphatic hydroxyl groups is 1. The molecule has 5 N–H and O–H groups in total. The molecule has 6 atom stereocenters. The first kappa shape index (κ1) is 23.3. The van der Waals surface area contributed by atoms with E-state index in [1.165, 1.54) is 16.0 Å². The fourth-order valence-electron chi connectivity index (χ4n) is 5.19. The summed E-state index contributed by atoms with van der Waals surface area (Å²) in [4.78, 5) is 26.7. The molecule has 0 radical (unpaired) electrons. The van der Waals surface area contributed by atoms with Crippen molar-refractivity contribution in [2.24, 2.45) is 17.6 Å². The van der Waals surface area contributed by atoms with Crippen LogP contribution >= 0.6 is 11.8 Å². The first-order chi connectivity index (χ1) is 15.1. The number of fused-ring (bicyclic) bond motifs is 1. The van der Waals surface area contributed by atoms with Gasteiger partial charge in [-0.1, -0.05) is 45.0 Å².